The summed E-state index contributed by atoms with van der Waals surface area (Å²) >= 11 is 0. The van der Waals surface area contributed by atoms with Gasteiger partial charge in [0.1, 0.15) is 0 Å². The zero-order chi connectivity index (χ0) is 12.3. The van der Waals surface area contributed by atoms with E-state index in [9.17, 15) is 5.11 Å². The second-order valence-electron chi connectivity index (χ2n) is 6.39. The summed E-state index contributed by atoms with van der Waals surface area (Å²) in [4.78, 5) is 0. The first-order chi connectivity index (χ1) is 8.18. The van der Waals surface area contributed by atoms with Crippen LogP contribution in [0.1, 0.15) is 58.8 Å². The normalized spacial score (nSPS) is 43.6. The number of aliphatic hydroxyl groups excluding tert-OH is 1. The van der Waals surface area contributed by atoms with Crippen LogP contribution in [0.4, 0.5) is 0 Å². The van der Waals surface area contributed by atoms with E-state index in [0.717, 1.165) is 24.8 Å². The lowest BCUT2D eigenvalue weighted by Crippen LogP contribution is -2.44. The van der Waals surface area contributed by atoms with Crippen LogP contribution in [0.25, 0.3) is 0 Å². The minimum Gasteiger partial charge on any atom is -0.393 e. The Labute approximate surface area is 106 Å². The fraction of sp³-hybridized carbons (Fsp3) is 1.00. The molecule has 0 saturated heterocycles. The maximum absolute atomic E-state index is 9.98. The van der Waals surface area contributed by atoms with Crippen molar-refractivity contribution >= 4 is 0 Å². The van der Waals surface area contributed by atoms with E-state index in [1.54, 1.807) is 0 Å². The highest BCUT2D eigenvalue weighted by Gasteiger charge is 2.29. The molecular formula is C15H29NO. The molecule has 2 rings (SSSR count). The van der Waals surface area contributed by atoms with Crippen molar-refractivity contribution in [1.82, 2.24) is 5.32 Å². The van der Waals surface area contributed by atoms with Crippen LogP contribution in [0.3, 0.4) is 0 Å². The molecule has 5 unspecified atom stereocenters. The number of hydrogen-bond acceptors (Lipinski definition) is 2. The summed E-state index contributed by atoms with van der Waals surface area (Å²) in [5.41, 5.74) is 0. The molecule has 0 aliphatic heterocycles. The topological polar surface area (TPSA) is 32.3 Å². The van der Waals surface area contributed by atoms with Gasteiger partial charge in [0, 0.05) is 12.6 Å². The minimum atomic E-state index is -0.0485. The molecule has 0 aromatic heterocycles. The Kier molecular flexibility index (Phi) is 4.87. The molecule has 17 heavy (non-hydrogen) atoms. The summed E-state index contributed by atoms with van der Waals surface area (Å²) in [5.74, 6) is 2.16. The average molecular weight is 239 g/mol. The van der Waals surface area contributed by atoms with Gasteiger partial charge in [0.25, 0.3) is 0 Å². The van der Waals surface area contributed by atoms with Crippen LogP contribution in [0, 0.1) is 17.8 Å². The highest BCUT2D eigenvalue weighted by atomic mass is 16.3. The minimum absolute atomic E-state index is 0.0485. The molecule has 5 atom stereocenters. The number of aliphatic hydroxyl groups is 1. The smallest absolute Gasteiger partial charge is 0.0580 e. The van der Waals surface area contributed by atoms with E-state index in [4.69, 9.17) is 0 Å². The van der Waals surface area contributed by atoms with Crippen molar-refractivity contribution in [1.29, 1.82) is 0 Å². The van der Waals surface area contributed by atoms with Crippen molar-refractivity contribution in [2.24, 2.45) is 17.8 Å². The van der Waals surface area contributed by atoms with Crippen molar-refractivity contribution in [2.45, 2.75) is 70.9 Å². The van der Waals surface area contributed by atoms with E-state index in [1.807, 2.05) is 0 Å². The quantitative estimate of drug-likeness (QED) is 0.793. The number of rotatable bonds is 3. The van der Waals surface area contributed by atoms with E-state index in [2.05, 4.69) is 19.2 Å². The molecule has 2 fully saturated rings. The van der Waals surface area contributed by atoms with Gasteiger partial charge in [-0.1, -0.05) is 39.5 Å². The molecule has 0 spiro atoms. The molecule has 0 heterocycles. The van der Waals surface area contributed by atoms with Gasteiger partial charge in [0.05, 0.1) is 6.10 Å². The summed E-state index contributed by atoms with van der Waals surface area (Å²) in [6.45, 7) is 5.80. The Hall–Kier alpha value is -0.0800. The lowest BCUT2D eigenvalue weighted by atomic mass is 9.77. The van der Waals surface area contributed by atoms with Crippen LogP contribution in [-0.2, 0) is 0 Å². The zero-order valence-corrected chi connectivity index (χ0v) is 11.5. The standard InChI is InChI=1S/C15H29NO/c1-11-6-5-8-14(12(11)2)16-10-13-7-3-4-9-15(13)17/h11-17H,3-10H2,1-2H3. The molecule has 100 valence electrons. The van der Waals surface area contributed by atoms with Crippen molar-refractivity contribution < 1.29 is 5.11 Å². The van der Waals surface area contributed by atoms with Gasteiger partial charge in [0.15, 0.2) is 0 Å². The molecule has 2 N–H and O–H groups in total. The molecule has 2 aliphatic carbocycles. The third-order valence-electron chi connectivity index (χ3n) is 5.22. The Bertz CT molecular complexity index is 231. The first kappa shape index (κ1) is 13.4. The molecular weight excluding hydrogens is 210 g/mol. The molecule has 2 nitrogen and oxygen atoms in total. The first-order valence-electron chi connectivity index (χ1n) is 7.60. The van der Waals surface area contributed by atoms with E-state index in [-0.39, 0.29) is 6.10 Å². The second kappa shape index (κ2) is 6.19. The monoisotopic (exact) mass is 239 g/mol. The summed E-state index contributed by atoms with van der Waals surface area (Å²) in [6, 6.07) is 0.688. The van der Waals surface area contributed by atoms with Gasteiger partial charge in [-0.3, -0.25) is 0 Å². The number of hydrogen-bond donors (Lipinski definition) is 2. The number of nitrogens with one attached hydrogen (secondary N) is 1. The van der Waals surface area contributed by atoms with Gasteiger partial charge in [-0.15, -0.1) is 0 Å². The van der Waals surface area contributed by atoms with Crippen LogP contribution in [-0.4, -0.2) is 23.8 Å². The van der Waals surface area contributed by atoms with Crippen molar-refractivity contribution in [3.8, 4) is 0 Å². The average Bonchev–Trinajstić information content (AvgIpc) is 2.33. The summed E-state index contributed by atoms with van der Waals surface area (Å²) in [5, 5.41) is 13.7. The lowest BCUT2D eigenvalue weighted by Gasteiger charge is -2.37. The fourth-order valence-corrected chi connectivity index (χ4v) is 3.60. The van der Waals surface area contributed by atoms with E-state index in [0.29, 0.717) is 12.0 Å². The zero-order valence-electron chi connectivity index (χ0n) is 11.5. The largest absolute Gasteiger partial charge is 0.393 e. The van der Waals surface area contributed by atoms with E-state index < -0.39 is 0 Å². The lowest BCUT2D eigenvalue weighted by molar-refractivity contribution is 0.0641. The Morgan fingerprint density at radius 2 is 1.76 bits per heavy atom. The van der Waals surface area contributed by atoms with Crippen molar-refractivity contribution in [2.75, 3.05) is 6.54 Å². The van der Waals surface area contributed by atoms with Crippen molar-refractivity contribution in [3.05, 3.63) is 0 Å². The predicted octanol–water partition coefficient (Wildman–Crippen LogP) is 2.95. The van der Waals surface area contributed by atoms with E-state index >= 15 is 0 Å². The molecule has 0 amide bonds. The van der Waals surface area contributed by atoms with Crippen molar-refractivity contribution in [3.63, 3.8) is 0 Å². The second-order valence-corrected chi connectivity index (χ2v) is 6.39. The van der Waals surface area contributed by atoms with Gasteiger partial charge in [-0.25, -0.2) is 0 Å². The molecule has 0 radical (unpaired) electrons. The summed E-state index contributed by atoms with van der Waals surface area (Å²) in [6.07, 6.45) is 8.80. The van der Waals surface area contributed by atoms with Crippen LogP contribution in [0.5, 0.6) is 0 Å². The third-order valence-corrected chi connectivity index (χ3v) is 5.22. The van der Waals surface area contributed by atoms with Gasteiger partial charge < -0.3 is 10.4 Å². The highest BCUT2D eigenvalue weighted by molar-refractivity contribution is 4.84. The van der Waals surface area contributed by atoms with E-state index in [1.165, 1.54) is 38.5 Å². The molecule has 2 saturated carbocycles. The molecule has 0 aromatic carbocycles. The Balaban J connectivity index is 1.76. The fourth-order valence-electron chi connectivity index (χ4n) is 3.60. The highest BCUT2D eigenvalue weighted by Crippen LogP contribution is 2.30. The van der Waals surface area contributed by atoms with Gasteiger partial charge in [-0.05, 0) is 37.0 Å². The predicted molar refractivity (Wildman–Crippen MR) is 71.9 cm³/mol. The summed E-state index contributed by atoms with van der Waals surface area (Å²) < 4.78 is 0. The molecule has 0 aromatic rings. The van der Waals surface area contributed by atoms with Gasteiger partial charge >= 0.3 is 0 Å². The van der Waals surface area contributed by atoms with Gasteiger partial charge in [0.2, 0.25) is 0 Å². The SMILES string of the molecule is CC1CCCC(NCC2CCCCC2O)C1C. The maximum Gasteiger partial charge on any atom is 0.0580 e. The third kappa shape index (κ3) is 3.45. The molecule has 2 heteroatoms. The van der Waals surface area contributed by atoms with Crippen LogP contribution in [0.15, 0.2) is 0 Å². The Morgan fingerprint density at radius 1 is 1.00 bits per heavy atom. The Morgan fingerprint density at radius 3 is 2.53 bits per heavy atom. The molecule has 2 aliphatic rings. The van der Waals surface area contributed by atoms with Crippen LogP contribution < -0.4 is 5.32 Å². The molecule has 0 bridgehead atoms. The first-order valence-corrected chi connectivity index (χ1v) is 7.60. The maximum atomic E-state index is 9.98. The summed E-state index contributed by atoms with van der Waals surface area (Å²) in [7, 11) is 0. The van der Waals surface area contributed by atoms with Gasteiger partial charge in [-0.2, -0.15) is 0 Å². The van der Waals surface area contributed by atoms with Crippen LogP contribution >= 0.6 is 0 Å². The van der Waals surface area contributed by atoms with Crippen LogP contribution in [0.2, 0.25) is 0 Å².